The van der Waals surface area contributed by atoms with Crippen molar-refractivity contribution in [1.29, 1.82) is 0 Å². The van der Waals surface area contributed by atoms with E-state index in [4.69, 9.17) is 21.1 Å². The fourth-order valence-corrected chi connectivity index (χ4v) is 2.58. The molecule has 19 heavy (non-hydrogen) atoms. The van der Waals surface area contributed by atoms with Crippen molar-refractivity contribution >= 4 is 17.3 Å². The number of aryl methyl sites for hydroxylation is 1. The fraction of sp³-hybridized carbons (Fsp3) is 0.538. The van der Waals surface area contributed by atoms with E-state index >= 15 is 0 Å². The van der Waals surface area contributed by atoms with Crippen LogP contribution < -0.4 is 4.74 Å². The second-order valence-corrected chi connectivity index (χ2v) is 5.07. The molecule has 1 aromatic rings. The zero-order valence-corrected chi connectivity index (χ0v) is 11.6. The van der Waals surface area contributed by atoms with Gasteiger partial charge in [-0.1, -0.05) is 12.1 Å². The van der Waals surface area contributed by atoms with Gasteiger partial charge in [0.25, 0.3) is 0 Å². The maximum absolute atomic E-state index is 11.1. The van der Waals surface area contributed by atoms with Gasteiger partial charge in [0.15, 0.2) is 5.75 Å². The molecule has 104 valence electrons. The van der Waals surface area contributed by atoms with Gasteiger partial charge in [0.2, 0.25) is 0 Å². The molecule has 1 aliphatic rings. The number of para-hydroxylation sites is 1. The largest absolute Gasteiger partial charge is 0.481 e. The molecule has 0 radical (unpaired) electrons. The maximum Gasteiger partial charge on any atom is 0.313 e. The van der Waals surface area contributed by atoms with E-state index in [1.54, 1.807) is 25.1 Å². The molecule has 0 aliphatic heterocycles. The van der Waals surface area contributed by atoms with Gasteiger partial charge in [0.1, 0.15) is 12.2 Å². The summed E-state index contributed by atoms with van der Waals surface area (Å²) in [6, 6.07) is 5.04. The van der Waals surface area contributed by atoms with Crippen molar-refractivity contribution in [2.75, 3.05) is 6.61 Å². The SMILES string of the molecule is CCOC1C(Cl)CC1Oc1cccc(C)c1[N+](=O)[O-]. The molecule has 3 unspecified atom stereocenters. The maximum atomic E-state index is 11.1. The Labute approximate surface area is 116 Å². The summed E-state index contributed by atoms with van der Waals surface area (Å²) < 4.78 is 11.2. The van der Waals surface area contributed by atoms with Crippen LogP contribution in [0.25, 0.3) is 0 Å². The molecule has 0 heterocycles. The van der Waals surface area contributed by atoms with Gasteiger partial charge in [0.05, 0.1) is 10.3 Å². The number of hydrogen-bond acceptors (Lipinski definition) is 4. The molecular formula is C13H16ClNO4. The van der Waals surface area contributed by atoms with E-state index in [-0.39, 0.29) is 29.0 Å². The van der Waals surface area contributed by atoms with Crippen LogP contribution in [-0.4, -0.2) is 29.1 Å². The molecule has 0 amide bonds. The molecule has 3 atom stereocenters. The average molecular weight is 286 g/mol. The molecule has 1 fully saturated rings. The summed E-state index contributed by atoms with van der Waals surface area (Å²) in [6.45, 7) is 4.12. The molecule has 5 nitrogen and oxygen atoms in total. The number of ether oxygens (including phenoxy) is 2. The highest BCUT2D eigenvalue weighted by atomic mass is 35.5. The van der Waals surface area contributed by atoms with Crippen molar-refractivity contribution in [3.8, 4) is 5.75 Å². The molecule has 1 aromatic carbocycles. The van der Waals surface area contributed by atoms with Crippen molar-refractivity contribution in [2.24, 2.45) is 0 Å². The first-order chi connectivity index (χ1) is 9.04. The van der Waals surface area contributed by atoms with E-state index < -0.39 is 4.92 Å². The van der Waals surface area contributed by atoms with Crippen LogP contribution in [-0.2, 0) is 4.74 Å². The van der Waals surface area contributed by atoms with Crippen molar-refractivity contribution in [2.45, 2.75) is 37.9 Å². The Bertz CT molecular complexity index is 480. The van der Waals surface area contributed by atoms with Crippen LogP contribution in [0.2, 0.25) is 0 Å². The number of nitro groups is 1. The van der Waals surface area contributed by atoms with Crippen molar-refractivity contribution in [3.63, 3.8) is 0 Å². The highest BCUT2D eigenvalue weighted by Crippen LogP contribution is 2.37. The smallest absolute Gasteiger partial charge is 0.313 e. The first kappa shape index (κ1) is 14.1. The van der Waals surface area contributed by atoms with Gasteiger partial charge in [-0.15, -0.1) is 11.6 Å². The molecule has 0 spiro atoms. The summed E-state index contributed by atoms with van der Waals surface area (Å²) in [7, 11) is 0. The predicted molar refractivity (Wildman–Crippen MR) is 71.9 cm³/mol. The number of hydrogen-bond donors (Lipinski definition) is 0. The van der Waals surface area contributed by atoms with Crippen LogP contribution in [0.1, 0.15) is 18.9 Å². The first-order valence-corrected chi connectivity index (χ1v) is 6.64. The van der Waals surface area contributed by atoms with Gasteiger partial charge in [-0.05, 0) is 19.9 Å². The van der Waals surface area contributed by atoms with E-state index in [1.807, 2.05) is 6.92 Å². The van der Waals surface area contributed by atoms with Crippen LogP contribution in [0, 0.1) is 17.0 Å². The number of rotatable bonds is 5. The second-order valence-electron chi connectivity index (χ2n) is 4.51. The van der Waals surface area contributed by atoms with Crippen LogP contribution in [0.3, 0.4) is 0 Å². The molecule has 0 aromatic heterocycles. The minimum atomic E-state index is -0.419. The van der Waals surface area contributed by atoms with Crippen molar-refractivity contribution < 1.29 is 14.4 Å². The average Bonchev–Trinajstić information content (AvgIpc) is 2.35. The number of nitrogens with zero attached hydrogens (tertiary/aromatic N) is 1. The van der Waals surface area contributed by atoms with Gasteiger partial charge in [-0.3, -0.25) is 10.1 Å². The lowest BCUT2D eigenvalue weighted by atomic mass is 9.91. The fourth-order valence-electron chi connectivity index (χ4n) is 2.17. The van der Waals surface area contributed by atoms with Gasteiger partial charge in [-0.25, -0.2) is 0 Å². The summed E-state index contributed by atoms with van der Waals surface area (Å²) in [4.78, 5) is 10.7. The molecular weight excluding hydrogens is 270 g/mol. The van der Waals surface area contributed by atoms with Crippen LogP contribution in [0.15, 0.2) is 18.2 Å². The van der Waals surface area contributed by atoms with Crippen molar-refractivity contribution in [3.05, 3.63) is 33.9 Å². The summed E-state index contributed by atoms with van der Waals surface area (Å²) in [6.07, 6.45) is 0.215. The number of halogens is 1. The van der Waals surface area contributed by atoms with Crippen molar-refractivity contribution in [1.82, 2.24) is 0 Å². The van der Waals surface area contributed by atoms with Gasteiger partial charge in [-0.2, -0.15) is 0 Å². The van der Waals surface area contributed by atoms with E-state index in [1.165, 1.54) is 0 Å². The second kappa shape index (κ2) is 5.75. The van der Waals surface area contributed by atoms with E-state index in [0.29, 0.717) is 18.6 Å². The Kier molecular flexibility index (Phi) is 4.27. The Morgan fingerprint density at radius 3 is 2.84 bits per heavy atom. The molecule has 0 saturated heterocycles. The van der Waals surface area contributed by atoms with Gasteiger partial charge >= 0.3 is 5.69 Å². The zero-order chi connectivity index (χ0) is 14.0. The van der Waals surface area contributed by atoms with Crippen LogP contribution >= 0.6 is 11.6 Å². The molecule has 1 saturated carbocycles. The van der Waals surface area contributed by atoms with E-state index in [2.05, 4.69) is 0 Å². The molecule has 1 aliphatic carbocycles. The molecule has 0 N–H and O–H groups in total. The minimum Gasteiger partial charge on any atom is -0.481 e. The molecule has 6 heteroatoms. The normalized spacial score (nSPS) is 25.7. The lowest BCUT2D eigenvalue weighted by Gasteiger charge is -2.40. The number of benzene rings is 1. The van der Waals surface area contributed by atoms with E-state index in [9.17, 15) is 10.1 Å². The lowest BCUT2D eigenvalue weighted by Crippen LogP contribution is -2.52. The molecule has 2 rings (SSSR count). The zero-order valence-electron chi connectivity index (χ0n) is 10.8. The minimum absolute atomic E-state index is 0.00997. The molecule has 0 bridgehead atoms. The standard InChI is InChI=1S/C13H16ClNO4/c1-3-18-13-9(14)7-11(13)19-10-6-4-5-8(2)12(10)15(16)17/h4-6,9,11,13H,3,7H2,1-2H3. The third kappa shape index (κ3) is 2.82. The lowest BCUT2D eigenvalue weighted by molar-refractivity contribution is -0.386. The summed E-state index contributed by atoms with van der Waals surface area (Å²) in [5, 5.41) is 11.0. The first-order valence-electron chi connectivity index (χ1n) is 6.21. The number of alkyl halides is 1. The highest BCUT2D eigenvalue weighted by molar-refractivity contribution is 6.21. The third-order valence-electron chi connectivity index (χ3n) is 3.20. The highest BCUT2D eigenvalue weighted by Gasteiger charge is 2.43. The Hall–Kier alpha value is -1.33. The Balaban J connectivity index is 2.16. The number of nitro benzene ring substituents is 1. The van der Waals surface area contributed by atoms with Crippen LogP contribution in [0.5, 0.6) is 5.75 Å². The van der Waals surface area contributed by atoms with Crippen LogP contribution in [0.4, 0.5) is 5.69 Å². The summed E-state index contributed by atoms with van der Waals surface area (Å²) in [5.41, 5.74) is 0.591. The predicted octanol–water partition coefficient (Wildman–Crippen LogP) is 3.07. The monoisotopic (exact) mass is 285 g/mol. The van der Waals surface area contributed by atoms with E-state index in [0.717, 1.165) is 0 Å². The third-order valence-corrected chi connectivity index (χ3v) is 3.63. The summed E-state index contributed by atoms with van der Waals surface area (Å²) in [5.74, 6) is 0.281. The Morgan fingerprint density at radius 1 is 1.53 bits per heavy atom. The summed E-state index contributed by atoms with van der Waals surface area (Å²) >= 11 is 6.05. The Morgan fingerprint density at radius 2 is 2.26 bits per heavy atom. The topological polar surface area (TPSA) is 61.6 Å². The quantitative estimate of drug-likeness (QED) is 0.474. The van der Waals surface area contributed by atoms with Gasteiger partial charge < -0.3 is 9.47 Å². The van der Waals surface area contributed by atoms with Gasteiger partial charge in [0, 0.05) is 18.6 Å².